The molecule has 52 heavy (non-hydrogen) atoms. The average Bonchev–Trinajstić information content (AvgIpc) is 3.88. The minimum atomic E-state index is 0.881. The lowest BCUT2D eigenvalue weighted by atomic mass is 10.0. The van der Waals surface area contributed by atoms with Crippen molar-refractivity contribution in [2.45, 2.75) is 0 Å². The van der Waals surface area contributed by atoms with Crippen LogP contribution >= 0.6 is 11.3 Å². The summed E-state index contributed by atoms with van der Waals surface area (Å²) in [5.74, 6) is 0. The van der Waals surface area contributed by atoms with Crippen LogP contribution in [0.4, 0.5) is 17.1 Å². The van der Waals surface area contributed by atoms with E-state index in [4.69, 9.17) is 4.42 Å². The Bertz CT molecular complexity index is 3130. The zero-order chi connectivity index (χ0) is 34.2. The Morgan fingerprint density at radius 1 is 0.423 bits per heavy atom. The van der Waals surface area contributed by atoms with Crippen molar-refractivity contribution in [2.24, 2.45) is 0 Å². The Labute approximate surface area is 303 Å². The van der Waals surface area contributed by atoms with Crippen molar-refractivity contribution in [1.82, 2.24) is 4.57 Å². The van der Waals surface area contributed by atoms with Crippen LogP contribution in [-0.4, -0.2) is 4.57 Å². The third-order valence-electron chi connectivity index (χ3n) is 10.4. The topological polar surface area (TPSA) is 21.3 Å². The smallest absolute Gasteiger partial charge is 0.137 e. The first-order valence-corrected chi connectivity index (χ1v) is 18.4. The Morgan fingerprint density at radius 3 is 1.98 bits per heavy atom. The fourth-order valence-electron chi connectivity index (χ4n) is 8.03. The predicted molar refractivity (Wildman–Crippen MR) is 221 cm³/mol. The number of benzene rings is 8. The second-order valence-corrected chi connectivity index (χ2v) is 14.4. The molecule has 244 valence electrons. The molecule has 0 fully saturated rings. The van der Waals surface area contributed by atoms with Gasteiger partial charge in [0.15, 0.2) is 0 Å². The molecule has 3 aromatic heterocycles. The SMILES string of the molecule is c1ccc(-n2c3ccccc3c3cc(-c4ccc(N(c5ccc6c(c5)sc5ccccc56)c5cccc6oc7ccccc7c56)cc4)ccc32)cc1. The highest BCUT2D eigenvalue weighted by Gasteiger charge is 2.21. The summed E-state index contributed by atoms with van der Waals surface area (Å²) in [5.41, 5.74) is 11.0. The largest absolute Gasteiger partial charge is 0.456 e. The van der Waals surface area contributed by atoms with E-state index in [2.05, 4.69) is 185 Å². The van der Waals surface area contributed by atoms with Crippen LogP contribution in [-0.2, 0) is 0 Å². The lowest BCUT2D eigenvalue weighted by Gasteiger charge is -2.26. The van der Waals surface area contributed by atoms with Crippen molar-refractivity contribution in [2.75, 3.05) is 4.90 Å². The van der Waals surface area contributed by atoms with Crippen LogP contribution in [0, 0.1) is 0 Å². The number of anilines is 3. The summed E-state index contributed by atoms with van der Waals surface area (Å²) in [6.07, 6.45) is 0. The van der Waals surface area contributed by atoms with Gasteiger partial charge in [0.1, 0.15) is 11.2 Å². The molecule has 3 heterocycles. The van der Waals surface area contributed by atoms with E-state index in [9.17, 15) is 0 Å². The standard InChI is InChI=1S/C48H30N2OS/c1-2-11-33(12-3-1)50-41-16-7-4-13-36(41)40-29-32(23-28-42(40)50)31-21-24-34(25-22-31)49(35-26-27-38-37-14-6-9-20-46(37)52-47(38)30-35)43-17-10-19-45-48(43)39-15-5-8-18-44(39)51-45/h1-30H. The molecule has 11 rings (SSSR count). The number of fused-ring (bicyclic) bond motifs is 9. The van der Waals surface area contributed by atoms with Crippen LogP contribution in [0.3, 0.4) is 0 Å². The maximum atomic E-state index is 6.37. The van der Waals surface area contributed by atoms with E-state index in [0.717, 1.165) is 39.0 Å². The molecule has 0 spiro atoms. The van der Waals surface area contributed by atoms with E-state index < -0.39 is 0 Å². The Morgan fingerprint density at radius 2 is 1.10 bits per heavy atom. The maximum absolute atomic E-state index is 6.37. The van der Waals surface area contributed by atoms with Crippen molar-refractivity contribution < 1.29 is 4.42 Å². The summed E-state index contributed by atoms with van der Waals surface area (Å²) in [6.45, 7) is 0. The van der Waals surface area contributed by atoms with Gasteiger partial charge in [0, 0.05) is 53.4 Å². The summed E-state index contributed by atoms with van der Waals surface area (Å²) in [7, 11) is 0. The van der Waals surface area contributed by atoms with Crippen LogP contribution in [0.2, 0.25) is 0 Å². The molecule has 0 aliphatic carbocycles. The summed E-state index contributed by atoms with van der Waals surface area (Å²) in [5, 5.41) is 7.31. The Balaban J connectivity index is 1.07. The van der Waals surface area contributed by atoms with Gasteiger partial charge in [0.25, 0.3) is 0 Å². The van der Waals surface area contributed by atoms with E-state index in [1.54, 1.807) is 0 Å². The van der Waals surface area contributed by atoms with E-state index in [0.29, 0.717) is 0 Å². The normalized spacial score (nSPS) is 11.8. The maximum Gasteiger partial charge on any atom is 0.137 e. The summed E-state index contributed by atoms with van der Waals surface area (Å²) < 4.78 is 11.3. The first-order valence-electron chi connectivity index (χ1n) is 17.6. The van der Waals surface area contributed by atoms with Gasteiger partial charge in [0.05, 0.1) is 22.1 Å². The van der Waals surface area contributed by atoms with Gasteiger partial charge < -0.3 is 13.9 Å². The van der Waals surface area contributed by atoms with Crippen molar-refractivity contribution in [3.8, 4) is 16.8 Å². The molecule has 0 N–H and O–H groups in total. The molecule has 0 aliphatic heterocycles. The molecular formula is C48H30N2OS. The van der Waals surface area contributed by atoms with Gasteiger partial charge in [-0.25, -0.2) is 0 Å². The zero-order valence-electron chi connectivity index (χ0n) is 28.0. The number of hydrogen-bond acceptors (Lipinski definition) is 3. The quantitative estimate of drug-likeness (QED) is 0.180. The Kier molecular flexibility index (Phi) is 6.42. The van der Waals surface area contributed by atoms with E-state index in [1.165, 1.54) is 58.8 Å². The molecule has 0 bridgehead atoms. The van der Waals surface area contributed by atoms with E-state index in [1.807, 2.05) is 17.4 Å². The molecule has 0 aliphatic rings. The predicted octanol–water partition coefficient (Wildman–Crippen LogP) is 14.2. The molecule has 8 aromatic carbocycles. The highest BCUT2D eigenvalue weighted by Crippen LogP contribution is 2.45. The van der Waals surface area contributed by atoms with Crippen LogP contribution < -0.4 is 4.90 Å². The highest BCUT2D eigenvalue weighted by atomic mass is 32.1. The van der Waals surface area contributed by atoms with Crippen molar-refractivity contribution in [3.05, 3.63) is 182 Å². The van der Waals surface area contributed by atoms with Gasteiger partial charge in [-0.3, -0.25) is 0 Å². The number of nitrogens with zero attached hydrogens (tertiary/aromatic N) is 2. The molecule has 0 saturated heterocycles. The molecule has 0 unspecified atom stereocenters. The van der Waals surface area contributed by atoms with Crippen molar-refractivity contribution in [3.63, 3.8) is 0 Å². The number of para-hydroxylation sites is 3. The second-order valence-electron chi connectivity index (χ2n) is 13.3. The molecule has 0 saturated carbocycles. The fraction of sp³-hybridized carbons (Fsp3) is 0. The van der Waals surface area contributed by atoms with E-state index in [-0.39, 0.29) is 0 Å². The van der Waals surface area contributed by atoms with Gasteiger partial charge in [-0.2, -0.15) is 0 Å². The molecule has 4 heteroatoms. The van der Waals surface area contributed by atoms with Crippen molar-refractivity contribution >= 4 is 92.3 Å². The molecule has 11 aromatic rings. The monoisotopic (exact) mass is 682 g/mol. The highest BCUT2D eigenvalue weighted by molar-refractivity contribution is 7.25. The summed E-state index contributed by atoms with van der Waals surface area (Å²) in [6, 6.07) is 65.5. The van der Waals surface area contributed by atoms with Gasteiger partial charge in [-0.1, -0.05) is 103 Å². The minimum Gasteiger partial charge on any atom is -0.456 e. The number of aromatic nitrogens is 1. The van der Waals surface area contributed by atoms with Crippen LogP contribution in [0.5, 0.6) is 0 Å². The molecule has 0 radical (unpaired) electrons. The van der Waals surface area contributed by atoms with Crippen LogP contribution in [0.25, 0.3) is 80.7 Å². The number of furan rings is 1. The lowest BCUT2D eigenvalue weighted by Crippen LogP contribution is -2.10. The first kappa shape index (κ1) is 29.1. The third kappa shape index (κ3) is 4.45. The number of rotatable bonds is 5. The lowest BCUT2D eigenvalue weighted by molar-refractivity contribution is 0.669. The molecule has 3 nitrogen and oxygen atoms in total. The third-order valence-corrected chi connectivity index (χ3v) is 11.5. The molecule has 0 amide bonds. The first-order chi connectivity index (χ1) is 25.8. The van der Waals surface area contributed by atoms with Crippen LogP contribution in [0.15, 0.2) is 186 Å². The average molecular weight is 683 g/mol. The fourth-order valence-corrected chi connectivity index (χ4v) is 9.17. The van der Waals surface area contributed by atoms with Gasteiger partial charge in [-0.15, -0.1) is 11.3 Å². The summed E-state index contributed by atoms with van der Waals surface area (Å²) >= 11 is 1.85. The minimum absolute atomic E-state index is 0.881. The van der Waals surface area contributed by atoms with Crippen LogP contribution in [0.1, 0.15) is 0 Å². The zero-order valence-corrected chi connectivity index (χ0v) is 28.8. The van der Waals surface area contributed by atoms with Crippen molar-refractivity contribution in [1.29, 1.82) is 0 Å². The second kappa shape index (κ2) is 11.5. The number of hydrogen-bond donors (Lipinski definition) is 0. The van der Waals surface area contributed by atoms with Gasteiger partial charge >= 0.3 is 0 Å². The van der Waals surface area contributed by atoms with Gasteiger partial charge in [-0.05, 0) is 90.0 Å². The Hall–Kier alpha value is -6.62. The van der Waals surface area contributed by atoms with E-state index >= 15 is 0 Å². The molecular weight excluding hydrogens is 653 g/mol. The van der Waals surface area contributed by atoms with Gasteiger partial charge in [0.2, 0.25) is 0 Å². The molecule has 0 atom stereocenters. The number of thiophene rings is 1. The summed E-state index contributed by atoms with van der Waals surface area (Å²) in [4.78, 5) is 2.38.